The van der Waals surface area contributed by atoms with Crippen molar-refractivity contribution >= 4 is 11.9 Å². The highest BCUT2D eigenvalue weighted by molar-refractivity contribution is 5.95. The fourth-order valence-electron chi connectivity index (χ4n) is 2.50. The van der Waals surface area contributed by atoms with Crippen LogP contribution in [-0.4, -0.2) is 35.0 Å². The van der Waals surface area contributed by atoms with Crippen LogP contribution in [0.15, 0.2) is 10.5 Å². The van der Waals surface area contributed by atoms with Crippen LogP contribution >= 0.6 is 0 Å². The molecule has 0 spiro atoms. The Morgan fingerprint density at radius 2 is 1.95 bits per heavy atom. The van der Waals surface area contributed by atoms with Gasteiger partial charge < -0.3 is 14.4 Å². The van der Waals surface area contributed by atoms with Gasteiger partial charge in [-0.3, -0.25) is 9.59 Å². The summed E-state index contributed by atoms with van der Waals surface area (Å²) < 4.78 is 5.61. The predicted molar refractivity (Wildman–Crippen MR) is 73.8 cm³/mol. The third-order valence-corrected chi connectivity index (χ3v) is 3.87. The van der Waals surface area contributed by atoms with Crippen LogP contribution in [0.3, 0.4) is 0 Å². The second kappa shape index (κ2) is 5.69. The molecule has 0 radical (unpaired) electrons. The number of hydrogen-bond acceptors (Lipinski definition) is 3. The van der Waals surface area contributed by atoms with Crippen molar-refractivity contribution < 1.29 is 19.1 Å². The fourth-order valence-corrected chi connectivity index (χ4v) is 2.50. The normalized spacial score (nSPS) is 16.7. The molecule has 5 heteroatoms. The lowest BCUT2D eigenvalue weighted by Gasteiger charge is -2.29. The number of furan rings is 1. The Morgan fingerprint density at radius 1 is 1.35 bits per heavy atom. The number of aryl methyl sites for hydroxylation is 1. The van der Waals surface area contributed by atoms with E-state index < -0.39 is 5.97 Å². The maximum atomic E-state index is 12.5. The van der Waals surface area contributed by atoms with Crippen LogP contribution in [0.2, 0.25) is 0 Å². The van der Waals surface area contributed by atoms with E-state index in [2.05, 4.69) is 0 Å². The van der Waals surface area contributed by atoms with Crippen molar-refractivity contribution in [2.45, 2.75) is 39.5 Å². The second-order valence-corrected chi connectivity index (χ2v) is 5.68. The Labute approximate surface area is 118 Å². The van der Waals surface area contributed by atoms with Gasteiger partial charge in [-0.15, -0.1) is 0 Å². The van der Waals surface area contributed by atoms with Crippen LogP contribution in [0.1, 0.15) is 54.5 Å². The Hall–Kier alpha value is -1.78. The molecule has 1 aliphatic heterocycles. The van der Waals surface area contributed by atoms with Crippen LogP contribution < -0.4 is 0 Å². The zero-order chi connectivity index (χ0) is 14.9. The van der Waals surface area contributed by atoms with Gasteiger partial charge in [-0.05, 0) is 25.8 Å². The molecular weight excluding hydrogens is 258 g/mol. The van der Waals surface area contributed by atoms with E-state index in [1.54, 1.807) is 11.8 Å². The Kier molecular flexibility index (Phi) is 4.16. The Morgan fingerprint density at radius 3 is 2.40 bits per heavy atom. The zero-order valence-electron chi connectivity index (χ0n) is 12.2. The molecule has 2 heterocycles. The number of carbonyl (C=O) groups is 2. The topological polar surface area (TPSA) is 70.8 Å². The van der Waals surface area contributed by atoms with E-state index in [0.717, 1.165) is 5.76 Å². The van der Waals surface area contributed by atoms with Crippen molar-refractivity contribution in [3.8, 4) is 0 Å². The average molecular weight is 279 g/mol. The lowest BCUT2D eigenvalue weighted by molar-refractivity contribution is -0.143. The first-order valence-electron chi connectivity index (χ1n) is 7.02. The van der Waals surface area contributed by atoms with Crippen molar-refractivity contribution in [2.75, 3.05) is 13.1 Å². The number of piperidine rings is 1. The summed E-state index contributed by atoms with van der Waals surface area (Å²) in [4.78, 5) is 25.1. The molecule has 0 aliphatic carbocycles. The van der Waals surface area contributed by atoms with Crippen LogP contribution in [0.4, 0.5) is 0 Å². The van der Waals surface area contributed by atoms with Crippen LogP contribution in [0, 0.1) is 12.8 Å². The van der Waals surface area contributed by atoms with E-state index in [9.17, 15) is 9.59 Å². The number of hydrogen-bond donors (Lipinski definition) is 1. The second-order valence-electron chi connectivity index (χ2n) is 5.68. The molecule has 0 saturated carbocycles. The maximum absolute atomic E-state index is 12.5. The van der Waals surface area contributed by atoms with Crippen molar-refractivity contribution in [3.63, 3.8) is 0 Å². The highest BCUT2D eigenvalue weighted by atomic mass is 16.4. The van der Waals surface area contributed by atoms with Gasteiger partial charge in [0, 0.05) is 19.0 Å². The fraction of sp³-hybridized carbons (Fsp3) is 0.600. The summed E-state index contributed by atoms with van der Waals surface area (Å²) in [7, 11) is 0. The van der Waals surface area contributed by atoms with Crippen molar-refractivity contribution in [1.82, 2.24) is 4.90 Å². The lowest BCUT2D eigenvalue weighted by Crippen LogP contribution is -2.40. The molecule has 1 amide bonds. The Balaban J connectivity index is 2.07. The van der Waals surface area contributed by atoms with Gasteiger partial charge in [0.15, 0.2) is 0 Å². The molecule has 1 N–H and O–H groups in total. The summed E-state index contributed by atoms with van der Waals surface area (Å²) in [6.07, 6.45) is 1.05. The smallest absolute Gasteiger partial charge is 0.306 e. The minimum absolute atomic E-state index is 0.0537. The van der Waals surface area contributed by atoms with Gasteiger partial charge in [-0.1, -0.05) is 13.8 Å². The molecule has 0 unspecified atom stereocenters. The average Bonchev–Trinajstić information content (AvgIpc) is 2.80. The first-order valence-corrected chi connectivity index (χ1v) is 7.02. The van der Waals surface area contributed by atoms with Gasteiger partial charge in [-0.2, -0.15) is 0 Å². The van der Waals surface area contributed by atoms with Gasteiger partial charge in [0.1, 0.15) is 11.5 Å². The standard InChI is InChI=1S/C15H21NO4/c1-9(2)13-8-12(10(3)20-13)14(17)16-6-4-11(5-7-16)15(18)19/h8-9,11H,4-7H2,1-3H3,(H,18,19). The zero-order valence-corrected chi connectivity index (χ0v) is 12.2. The Bertz CT molecular complexity index is 510. The molecule has 0 bridgehead atoms. The highest BCUT2D eigenvalue weighted by Gasteiger charge is 2.29. The molecule has 0 atom stereocenters. The van der Waals surface area contributed by atoms with Gasteiger partial charge in [0.05, 0.1) is 11.5 Å². The predicted octanol–water partition coefficient (Wildman–Crippen LogP) is 2.65. The first-order chi connectivity index (χ1) is 9.40. The molecule has 1 aliphatic rings. The first kappa shape index (κ1) is 14.6. The minimum Gasteiger partial charge on any atom is -0.481 e. The third kappa shape index (κ3) is 2.86. The number of rotatable bonds is 3. The summed E-state index contributed by atoms with van der Waals surface area (Å²) in [6, 6.07) is 1.81. The maximum Gasteiger partial charge on any atom is 0.306 e. The van der Waals surface area contributed by atoms with Crippen LogP contribution in [-0.2, 0) is 4.79 Å². The van der Waals surface area contributed by atoms with Gasteiger partial charge in [0.25, 0.3) is 5.91 Å². The molecule has 1 aromatic heterocycles. The number of aliphatic carboxylic acids is 1. The molecule has 110 valence electrons. The van der Waals surface area contributed by atoms with E-state index in [0.29, 0.717) is 37.3 Å². The summed E-state index contributed by atoms with van der Waals surface area (Å²) in [6.45, 7) is 6.83. The summed E-state index contributed by atoms with van der Waals surface area (Å²) in [5, 5.41) is 8.97. The van der Waals surface area contributed by atoms with Crippen molar-refractivity contribution in [3.05, 3.63) is 23.2 Å². The quantitative estimate of drug-likeness (QED) is 0.923. The lowest BCUT2D eigenvalue weighted by atomic mass is 9.96. The molecule has 1 saturated heterocycles. The van der Waals surface area contributed by atoms with Crippen molar-refractivity contribution in [1.29, 1.82) is 0 Å². The molecule has 5 nitrogen and oxygen atoms in total. The number of carboxylic acids is 1. The van der Waals surface area contributed by atoms with E-state index in [1.165, 1.54) is 0 Å². The summed E-state index contributed by atoms with van der Waals surface area (Å²) >= 11 is 0. The third-order valence-electron chi connectivity index (χ3n) is 3.87. The minimum atomic E-state index is -0.765. The highest BCUT2D eigenvalue weighted by Crippen LogP contribution is 2.25. The number of nitrogens with zero attached hydrogens (tertiary/aromatic N) is 1. The molecule has 0 aromatic carbocycles. The number of amides is 1. The van der Waals surface area contributed by atoms with Crippen LogP contribution in [0.5, 0.6) is 0 Å². The molecule has 1 fully saturated rings. The number of likely N-dealkylation sites (tertiary alicyclic amines) is 1. The van der Waals surface area contributed by atoms with Crippen molar-refractivity contribution in [2.24, 2.45) is 5.92 Å². The van der Waals surface area contributed by atoms with E-state index in [4.69, 9.17) is 9.52 Å². The largest absolute Gasteiger partial charge is 0.481 e. The van der Waals surface area contributed by atoms with E-state index in [1.807, 2.05) is 19.9 Å². The summed E-state index contributed by atoms with van der Waals surface area (Å²) in [5.74, 6) is 0.551. The summed E-state index contributed by atoms with van der Waals surface area (Å²) in [5.41, 5.74) is 0.600. The van der Waals surface area contributed by atoms with E-state index >= 15 is 0 Å². The van der Waals surface area contributed by atoms with Gasteiger partial charge in [0.2, 0.25) is 0 Å². The number of carbonyl (C=O) groups excluding carboxylic acids is 1. The van der Waals surface area contributed by atoms with Gasteiger partial charge in [-0.25, -0.2) is 0 Å². The SMILES string of the molecule is Cc1oc(C(C)C)cc1C(=O)N1CCC(C(=O)O)CC1. The van der Waals surface area contributed by atoms with Gasteiger partial charge >= 0.3 is 5.97 Å². The van der Waals surface area contributed by atoms with E-state index in [-0.39, 0.29) is 17.7 Å². The molecular formula is C15H21NO4. The monoisotopic (exact) mass is 279 g/mol. The number of carboxylic acid groups (broad SMARTS) is 1. The molecule has 2 rings (SSSR count). The molecule has 1 aromatic rings. The van der Waals surface area contributed by atoms with Crippen LogP contribution in [0.25, 0.3) is 0 Å². The molecule has 20 heavy (non-hydrogen) atoms.